The second kappa shape index (κ2) is 11.9. The Morgan fingerprint density at radius 1 is 1.25 bits per heavy atom. The highest BCUT2D eigenvalue weighted by Crippen LogP contribution is 2.18. The van der Waals surface area contributed by atoms with Crippen LogP contribution < -0.4 is 16.4 Å². The molecular weight excluding hydrogens is 402 g/mol. The predicted molar refractivity (Wildman–Crippen MR) is 113 cm³/mol. The molecule has 156 valence electrons. The fourth-order valence-electron chi connectivity index (χ4n) is 2.53. The second-order valence-electron chi connectivity index (χ2n) is 6.82. The fourth-order valence-corrected chi connectivity index (χ4v) is 3.06. The van der Waals surface area contributed by atoms with Crippen LogP contribution >= 0.6 is 24.2 Å². The van der Waals surface area contributed by atoms with Gasteiger partial charge in [0.25, 0.3) is 0 Å². The van der Waals surface area contributed by atoms with Crippen molar-refractivity contribution in [3.05, 3.63) is 34.3 Å². The maximum Gasteiger partial charge on any atom is 0.337 e. The molecule has 0 aromatic heterocycles. The molecule has 0 heterocycles. The third-order valence-corrected chi connectivity index (χ3v) is 4.76. The van der Waals surface area contributed by atoms with Crippen LogP contribution in [0.15, 0.2) is 18.2 Å². The van der Waals surface area contributed by atoms with E-state index in [-0.39, 0.29) is 23.5 Å². The summed E-state index contributed by atoms with van der Waals surface area (Å²) in [5, 5.41) is 5.79. The first kappa shape index (κ1) is 24.3. The van der Waals surface area contributed by atoms with E-state index < -0.39 is 18.1 Å². The summed E-state index contributed by atoms with van der Waals surface area (Å²) in [5.74, 6) is -0.753. The number of ether oxygens (including phenoxy) is 1. The highest BCUT2D eigenvalue weighted by Gasteiger charge is 2.23. The summed E-state index contributed by atoms with van der Waals surface area (Å²) >= 11 is 10.3. The fraction of sp³-hybridized carbons (Fsp3) is 0.526. The lowest BCUT2D eigenvalue weighted by Gasteiger charge is -2.20. The van der Waals surface area contributed by atoms with E-state index in [9.17, 15) is 14.4 Å². The highest BCUT2D eigenvalue weighted by molar-refractivity contribution is 7.80. The molecular formula is C19H28ClN3O4S. The standard InChI is InChI=1S/C19H28ClN3O4S/c1-11(2)8-15(21)17(24)23-16(10-28)18(25)22-7-6-12-4-5-13(9-14(12)20)19(26)27-3/h4-5,9,11,15-16,28H,6-8,10,21H2,1-3H3,(H,22,25)(H,23,24). The number of nitrogens with two attached hydrogens (primary N) is 1. The van der Waals surface area contributed by atoms with E-state index in [2.05, 4.69) is 28.0 Å². The Labute approximate surface area is 176 Å². The molecule has 0 radical (unpaired) electrons. The normalized spacial score (nSPS) is 13.0. The molecule has 1 rings (SSSR count). The van der Waals surface area contributed by atoms with E-state index in [0.717, 1.165) is 5.56 Å². The number of thiol groups is 1. The summed E-state index contributed by atoms with van der Waals surface area (Å²) in [6, 6.07) is 3.41. The maximum absolute atomic E-state index is 12.3. The van der Waals surface area contributed by atoms with Crippen molar-refractivity contribution in [2.45, 2.75) is 38.8 Å². The number of rotatable bonds is 10. The molecule has 0 aliphatic heterocycles. The lowest BCUT2D eigenvalue weighted by atomic mass is 10.0. The van der Waals surface area contributed by atoms with Crippen molar-refractivity contribution in [3.8, 4) is 0 Å². The van der Waals surface area contributed by atoms with E-state index in [4.69, 9.17) is 17.3 Å². The van der Waals surface area contributed by atoms with Crippen molar-refractivity contribution >= 4 is 42.0 Å². The average Bonchev–Trinajstić information content (AvgIpc) is 2.65. The number of esters is 1. The van der Waals surface area contributed by atoms with Crippen LogP contribution in [0.5, 0.6) is 0 Å². The van der Waals surface area contributed by atoms with Gasteiger partial charge in [-0.3, -0.25) is 9.59 Å². The minimum absolute atomic E-state index is 0.153. The molecule has 1 aromatic rings. The van der Waals surface area contributed by atoms with Gasteiger partial charge in [0.2, 0.25) is 11.8 Å². The van der Waals surface area contributed by atoms with Gasteiger partial charge in [0.05, 0.1) is 18.7 Å². The number of hydrogen-bond donors (Lipinski definition) is 4. The van der Waals surface area contributed by atoms with Gasteiger partial charge >= 0.3 is 5.97 Å². The number of nitrogens with one attached hydrogen (secondary N) is 2. The van der Waals surface area contributed by atoms with Crippen LogP contribution in [-0.4, -0.2) is 49.3 Å². The topological polar surface area (TPSA) is 111 Å². The molecule has 7 nitrogen and oxygen atoms in total. The molecule has 4 N–H and O–H groups in total. The van der Waals surface area contributed by atoms with Gasteiger partial charge in [-0.1, -0.05) is 31.5 Å². The third-order valence-electron chi connectivity index (χ3n) is 4.05. The van der Waals surface area contributed by atoms with Gasteiger partial charge in [-0.25, -0.2) is 4.79 Å². The first-order valence-electron chi connectivity index (χ1n) is 9.00. The number of halogens is 1. The first-order chi connectivity index (χ1) is 13.2. The van der Waals surface area contributed by atoms with Crippen LogP contribution in [0.4, 0.5) is 0 Å². The average molecular weight is 430 g/mol. The molecule has 0 saturated carbocycles. The lowest BCUT2D eigenvalue weighted by Crippen LogP contribution is -2.53. The van der Waals surface area contributed by atoms with E-state index >= 15 is 0 Å². The largest absolute Gasteiger partial charge is 0.465 e. The summed E-state index contributed by atoms with van der Waals surface area (Å²) in [6.07, 6.45) is 0.999. The van der Waals surface area contributed by atoms with Crippen molar-refractivity contribution in [2.75, 3.05) is 19.4 Å². The summed E-state index contributed by atoms with van der Waals surface area (Å²) in [7, 11) is 1.30. The second-order valence-corrected chi connectivity index (χ2v) is 7.59. The molecule has 9 heteroatoms. The van der Waals surface area contributed by atoms with Crippen molar-refractivity contribution in [1.82, 2.24) is 10.6 Å². The third kappa shape index (κ3) is 7.69. The minimum Gasteiger partial charge on any atom is -0.465 e. The van der Waals surface area contributed by atoms with Crippen LogP contribution in [0.2, 0.25) is 5.02 Å². The number of hydrogen-bond acceptors (Lipinski definition) is 6. The summed E-state index contributed by atoms with van der Waals surface area (Å²) in [4.78, 5) is 35.9. The molecule has 0 fully saturated rings. The van der Waals surface area contributed by atoms with Crippen LogP contribution in [0.1, 0.15) is 36.2 Å². The molecule has 0 aliphatic carbocycles. The summed E-state index contributed by atoms with van der Waals surface area (Å²) in [5.41, 5.74) is 6.98. The molecule has 0 spiro atoms. The van der Waals surface area contributed by atoms with Crippen LogP contribution in [-0.2, 0) is 20.7 Å². The number of amides is 2. The smallest absolute Gasteiger partial charge is 0.337 e. The molecule has 1 aromatic carbocycles. The Morgan fingerprint density at radius 3 is 2.46 bits per heavy atom. The SMILES string of the molecule is COC(=O)c1ccc(CCNC(=O)C(CS)NC(=O)C(N)CC(C)C)c(Cl)c1. The lowest BCUT2D eigenvalue weighted by molar-refractivity contribution is -0.129. The number of carbonyl (C=O) groups is 3. The first-order valence-corrected chi connectivity index (χ1v) is 10.0. The number of carbonyl (C=O) groups excluding carboxylic acids is 3. The van der Waals surface area contributed by atoms with Gasteiger partial charge in [0.15, 0.2) is 0 Å². The van der Waals surface area contributed by atoms with E-state index in [1.807, 2.05) is 13.8 Å². The molecule has 28 heavy (non-hydrogen) atoms. The Hall–Kier alpha value is -1.77. The van der Waals surface area contributed by atoms with Gasteiger partial charge in [-0.15, -0.1) is 0 Å². The summed E-state index contributed by atoms with van der Waals surface area (Å²) < 4.78 is 4.65. The molecule has 2 amide bonds. The van der Waals surface area contributed by atoms with Crippen LogP contribution in [0.25, 0.3) is 0 Å². The maximum atomic E-state index is 12.3. The number of methoxy groups -OCH3 is 1. The van der Waals surface area contributed by atoms with Crippen molar-refractivity contribution in [1.29, 1.82) is 0 Å². The van der Waals surface area contributed by atoms with Crippen LogP contribution in [0, 0.1) is 5.92 Å². The highest BCUT2D eigenvalue weighted by atomic mass is 35.5. The van der Waals surface area contributed by atoms with Crippen molar-refractivity contribution < 1.29 is 19.1 Å². The van der Waals surface area contributed by atoms with E-state index in [1.165, 1.54) is 13.2 Å². The molecule has 0 saturated heterocycles. The number of benzene rings is 1. The van der Waals surface area contributed by atoms with Crippen molar-refractivity contribution in [2.24, 2.45) is 11.7 Å². The molecule has 2 unspecified atom stereocenters. The van der Waals surface area contributed by atoms with Gasteiger partial charge in [-0.05, 0) is 36.5 Å². The van der Waals surface area contributed by atoms with Crippen LogP contribution in [0.3, 0.4) is 0 Å². The predicted octanol–water partition coefficient (Wildman–Crippen LogP) is 1.57. The quantitative estimate of drug-likeness (QED) is 0.333. The Balaban J connectivity index is 2.56. The van der Waals surface area contributed by atoms with Gasteiger partial charge in [0, 0.05) is 17.3 Å². The Bertz CT molecular complexity index is 700. The summed E-state index contributed by atoms with van der Waals surface area (Å²) in [6.45, 7) is 4.26. The zero-order valence-corrected chi connectivity index (χ0v) is 18.0. The Kier molecular flexibility index (Phi) is 10.3. The molecule has 0 bridgehead atoms. The minimum atomic E-state index is -0.772. The monoisotopic (exact) mass is 429 g/mol. The Morgan fingerprint density at radius 2 is 1.93 bits per heavy atom. The van der Waals surface area contributed by atoms with Gasteiger partial charge in [-0.2, -0.15) is 12.6 Å². The zero-order chi connectivity index (χ0) is 21.3. The van der Waals surface area contributed by atoms with E-state index in [0.29, 0.717) is 30.0 Å². The molecule has 2 atom stereocenters. The van der Waals surface area contributed by atoms with Gasteiger partial charge in [0.1, 0.15) is 6.04 Å². The zero-order valence-electron chi connectivity index (χ0n) is 16.3. The molecule has 0 aliphatic rings. The van der Waals surface area contributed by atoms with Crippen molar-refractivity contribution in [3.63, 3.8) is 0 Å². The van der Waals surface area contributed by atoms with E-state index in [1.54, 1.807) is 12.1 Å². The van der Waals surface area contributed by atoms with Gasteiger partial charge < -0.3 is 21.1 Å².